The molecule has 0 saturated heterocycles. The molecule has 0 heterocycles. The van der Waals surface area contributed by atoms with Gasteiger partial charge in [0, 0.05) is 12.1 Å². The van der Waals surface area contributed by atoms with Crippen LogP contribution in [0.25, 0.3) is 0 Å². The lowest BCUT2D eigenvalue weighted by Crippen LogP contribution is -1.96. The molecule has 4 aromatic rings. The van der Waals surface area contributed by atoms with Gasteiger partial charge in [0.15, 0.2) is 0 Å². The van der Waals surface area contributed by atoms with E-state index in [1.807, 2.05) is 6.92 Å². The molecule has 0 atom stereocenters. The van der Waals surface area contributed by atoms with Gasteiger partial charge in [-0.15, -0.1) is 28.0 Å². The highest BCUT2D eigenvalue weighted by Crippen LogP contribution is 2.40. The van der Waals surface area contributed by atoms with E-state index in [0.29, 0.717) is 17.1 Å². The molecule has 0 aliphatic heterocycles. The van der Waals surface area contributed by atoms with Crippen LogP contribution in [0.2, 0.25) is 0 Å². The summed E-state index contributed by atoms with van der Waals surface area (Å²) < 4.78 is 56.5. The highest BCUT2D eigenvalue weighted by molar-refractivity contribution is 7.85. The molecule has 42 heavy (non-hydrogen) atoms. The quantitative estimate of drug-likeness (QED) is 0.129. The lowest BCUT2D eigenvalue weighted by molar-refractivity contribution is 0.451. The molecule has 0 radical (unpaired) electrons. The Bertz CT molecular complexity index is 1890. The maximum Gasteiger partial charge on any atom is 0.425 e. The third-order valence-corrected chi connectivity index (χ3v) is 5.87. The van der Waals surface area contributed by atoms with E-state index in [0.717, 1.165) is 11.6 Å². The second-order valence-corrected chi connectivity index (χ2v) is 9.94. The van der Waals surface area contributed by atoms with Crippen molar-refractivity contribution in [2.45, 2.75) is 11.8 Å². The fraction of sp³-hybridized carbons (Fsp3) is 0.0400. The highest BCUT2D eigenvalue weighted by Gasteiger charge is 2.10. The summed E-state index contributed by atoms with van der Waals surface area (Å²) >= 11 is 0. The van der Waals surface area contributed by atoms with Crippen LogP contribution in [0.4, 0.5) is 34.1 Å². The second kappa shape index (κ2) is 13.8. The van der Waals surface area contributed by atoms with Crippen LogP contribution in [0.3, 0.4) is 0 Å². The van der Waals surface area contributed by atoms with Crippen molar-refractivity contribution in [2.24, 2.45) is 30.7 Å². The number of phenolic OH excluding ortho intramolecular Hbond substituents is 3. The van der Waals surface area contributed by atoms with Crippen LogP contribution in [-0.4, -0.2) is 40.9 Å². The van der Waals surface area contributed by atoms with Crippen LogP contribution in [0.1, 0.15) is 5.56 Å². The van der Waals surface area contributed by atoms with E-state index in [1.54, 1.807) is 36.4 Å². The molecule has 0 bridgehead atoms. The summed E-state index contributed by atoms with van der Waals surface area (Å²) in [5, 5.41) is 54.2. The van der Waals surface area contributed by atoms with Gasteiger partial charge >= 0.3 is 10.6 Å². The van der Waals surface area contributed by atoms with Crippen LogP contribution >= 0.6 is 0 Å². The van der Waals surface area contributed by atoms with E-state index in [1.165, 1.54) is 36.4 Å². The van der Waals surface area contributed by atoms with Gasteiger partial charge < -0.3 is 15.3 Å². The zero-order chi connectivity index (χ0) is 30.9. The zero-order valence-electron chi connectivity index (χ0n) is 21.3. The minimum atomic E-state index is -4.28. The van der Waals surface area contributed by atoms with Crippen LogP contribution in [0.5, 0.6) is 17.2 Å². The van der Waals surface area contributed by atoms with Crippen molar-refractivity contribution in [2.75, 3.05) is 0 Å². The van der Waals surface area contributed by atoms with Gasteiger partial charge in [-0.2, -0.15) is 23.8 Å². The summed E-state index contributed by atoms with van der Waals surface area (Å²) in [6, 6.07) is 18.9. The van der Waals surface area contributed by atoms with Gasteiger partial charge in [0.05, 0.1) is 22.0 Å². The molecule has 4 rings (SSSR count). The minimum absolute atomic E-state index is 0.0121. The van der Waals surface area contributed by atoms with E-state index in [4.69, 9.17) is 17.2 Å². The molecule has 0 unspecified atom stereocenters. The number of aromatic hydroxyl groups is 3. The highest BCUT2D eigenvalue weighted by atomic mass is 32.2. The van der Waals surface area contributed by atoms with E-state index in [2.05, 4.69) is 30.7 Å². The number of azo groups is 3. The summed E-state index contributed by atoms with van der Waals surface area (Å²) in [5.74, 6) is -0.732. The van der Waals surface area contributed by atoms with Crippen molar-refractivity contribution in [3.05, 3.63) is 84.4 Å². The first-order chi connectivity index (χ1) is 19.8. The number of nitrogens with zero attached hydrogens (tertiary/aromatic N) is 6. The molecule has 216 valence electrons. The number of aryl methyl sites for hydroxylation is 1. The summed E-state index contributed by atoms with van der Waals surface area (Å²) in [4.78, 5) is -0.244. The number of rotatable bonds is 7. The Labute approximate surface area is 239 Å². The van der Waals surface area contributed by atoms with Crippen molar-refractivity contribution in [3.63, 3.8) is 0 Å². The van der Waals surface area contributed by atoms with Gasteiger partial charge in [-0.1, -0.05) is 6.07 Å². The lowest BCUT2D eigenvalue weighted by atomic mass is 10.2. The molecular weight excluding hydrogens is 592 g/mol. The van der Waals surface area contributed by atoms with Crippen molar-refractivity contribution in [1.82, 2.24) is 0 Å². The third-order valence-electron chi connectivity index (χ3n) is 5.01. The Morgan fingerprint density at radius 3 is 1.38 bits per heavy atom. The first kappa shape index (κ1) is 31.1. The van der Waals surface area contributed by atoms with Crippen molar-refractivity contribution in [1.29, 1.82) is 0 Å². The summed E-state index contributed by atoms with van der Waals surface area (Å²) in [6.45, 7) is 1.83. The van der Waals surface area contributed by atoms with Crippen molar-refractivity contribution in [3.8, 4) is 17.2 Å². The normalized spacial score (nSPS) is 11.6. The molecule has 0 fully saturated rings. The molecule has 4 N–H and O–H groups in total. The van der Waals surface area contributed by atoms with Gasteiger partial charge in [-0.25, -0.2) is 0 Å². The smallest absolute Gasteiger partial charge is 0.425 e. The molecule has 4 aromatic carbocycles. The number of hydrogen-bond donors (Lipinski definition) is 4. The number of hydrogen-bond acceptors (Lipinski definition) is 14. The van der Waals surface area contributed by atoms with Crippen molar-refractivity contribution >= 4 is 54.9 Å². The largest absolute Gasteiger partial charge is 0.506 e. The Hall–Kier alpha value is -5.39. The fourth-order valence-electron chi connectivity index (χ4n) is 3.03. The molecule has 17 heteroatoms. The summed E-state index contributed by atoms with van der Waals surface area (Å²) in [6.07, 6.45) is 0. The van der Waals surface area contributed by atoms with Crippen molar-refractivity contribution < 1.29 is 40.9 Å². The van der Waals surface area contributed by atoms with E-state index in [-0.39, 0.29) is 39.2 Å². The SMILES string of the molecule is Cc1ccc(O)c(N=Nc2cc(N=Nc3ccc(N=Nc4ccc(S(=O)(=O)O)cc4)cc3)c(O)cc2O)c1.O=S(=O)=O. The maximum absolute atomic E-state index is 11.1. The minimum Gasteiger partial charge on any atom is -0.506 e. The monoisotopic (exact) mass is 612 g/mol. The molecule has 0 aliphatic carbocycles. The van der Waals surface area contributed by atoms with E-state index < -0.39 is 20.7 Å². The van der Waals surface area contributed by atoms with Gasteiger partial charge in [0.1, 0.15) is 34.3 Å². The first-order valence-corrected chi connectivity index (χ1v) is 13.8. The molecule has 15 nitrogen and oxygen atoms in total. The van der Waals surface area contributed by atoms with Crippen LogP contribution in [0, 0.1) is 6.92 Å². The van der Waals surface area contributed by atoms with Gasteiger partial charge in [-0.05, 0) is 73.2 Å². The molecule has 0 spiro atoms. The van der Waals surface area contributed by atoms with E-state index in [9.17, 15) is 23.7 Å². The topological polar surface area (TPSA) is 240 Å². The number of phenols is 3. The second-order valence-electron chi connectivity index (χ2n) is 8.11. The average molecular weight is 613 g/mol. The van der Waals surface area contributed by atoms with Crippen LogP contribution in [0.15, 0.2) is 114 Å². The maximum atomic E-state index is 11.1. The zero-order valence-corrected chi connectivity index (χ0v) is 23.0. The summed E-state index contributed by atoms with van der Waals surface area (Å²) in [5.41, 5.74) is 2.42. The van der Waals surface area contributed by atoms with Crippen LogP contribution < -0.4 is 0 Å². The molecule has 0 amide bonds. The number of benzene rings is 4. The molecular formula is C25H20N6O9S2. The third kappa shape index (κ3) is 9.37. The Balaban J connectivity index is 0.00000114. The Kier molecular flexibility index (Phi) is 10.2. The standard InChI is InChI=1S/C25H20N6O6S.O3S/c1-15-2-11-23(32)20(12-15)30-31-22-13-21(24(33)14-25(22)34)29-28-17-5-3-16(4-6-17)26-27-18-7-9-19(10-8-18)38(35,36)37;1-4(2)3/h2-14,32-34H,1H3,(H,35,36,37);. The Morgan fingerprint density at radius 2 is 0.929 bits per heavy atom. The predicted molar refractivity (Wildman–Crippen MR) is 148 cm³/mol. The predicted octanol–water partition coefficient (Wildman–Crippen LogP) is 6.60. The Morgan fingerprint density at radius 1 is 0.548 bits per heavy atom. The first-order valence-electron chi connectivity index (χ1n) is 11.4. The van der Waals surface area contributed by atoms with E-state index >= 15 is 0 Å². The molecule has 0 saturated carbocycles. The van der Waals surface area contributed by atoms with Crippen LogP contribution in [-0.2, 0) is 20.7 Å². The average Bonchev–Trinajstić information content (AvgIpc) is 2.92. The summed E-state index contributed by atoms with van der Waals surface area (Å²) in [7, 11) is -7.39. The van der Waals surface area contributed by atoms with Gasteiger partial charge in [0.2, 0.25) is 0 Å². The fourth-order valence-corrected chi connectivity index (χ4v) is 3.51. The van der Waals surface area contributed by atoms with Gasteiger partial charge in [-0.3, -0.25) is 4.55 Å². The molecule has 0 aliphatic rings. The lowest BCUT2D eigenvalue weighted by Gasteiger charge is -2.03. The van der Waals surface area contributed by atoms with Gasteiger partial charge in [0.25, 0.3) is 10.1 Å². The molecule has 0 aromatic heterocycles.